The number of nitriles is 1. The van der Waals surface area contributed by atoms with Gasteiger partial charge >= 0.3 is 0 Å². The van der Waals surface area contributed by atoms with Gasteiger partial charge in [0.1, 0.15) is 11.4 Å². The minimum atomic E-state index is -2.63. The van der Waals surface area contributed by atoms with Gasteiger partial charge in [0, 0.05) is 5.56 Å². The number of halogens is 2. The second kappa shape index (κ2) is 4.69. The second-order valence-electron chi connectivity index (χ2n) is 2.96. The fourth-order valence-electron chi connectivity index (χ4n) is 1.36. The van der Waals surface area contributed by atoms with Gasteiger partial charge in [-0.15, -0.1) is 0 Å². The first kappa shape index (κ1) is 11.4. The van der Waals surface area contributed by atoms with Crippen LogP contribution in [-0.4, -0.2) is 12.1 Å². The van der Waals surface area contributed by atoms with Crippen molar-refractivity contribution in [3.8, 4) is 11.8 Å². The normalized spacial score (nSPS) is 10.1. The summed E-state index contributed by atoms with van der Waals surface area (Å²) in [6.07, 6.45) is -2.60. The molecule has 5 heteroatoms. The van der Waals surface area contributed by atoms with Crippen LogP contribution in [0.25, 0.3) is 0 Å². The number of nitrogens with zero attached hydrogens (tertiary/aromatic N) is 2. The number of aryl methyl sites for hydroxylation is 1. The molecule has 0 unspecified atom stereocenters. The Hall–Kier alpha value is -1.70. The largest absolute Gasteiger partial charge is 0.495 e. The Labute approximate surface area is 86.3 Å². The molecule has 0 aliphatic rings. The number of rotatable bonds is 3. The molecule has 1 rings (SSSR count). The van der Waals surface area contributed by atoms with E-state index in [2.05, 4.69) is 4.98 Å². The van der Waals surface area contributed by atoms with Gasteiger partial charge in [0.25, 0.3) is 6.43 Å². The van der Waals surface area contributed by atoms with Crippen LogP contribution in [0.15, 0.2) is 6.07 Å². The average Bonchev–Trinajstić information content (AvgIpc) is 2.17. The quantitative estimate of drug-likeness (QED) is 0.772. The molecule has 80 valence electrons. The zero-order chi connectivity index (χ0) is 11.4. The van der Waals surface area contributed by atoms with Crippen LogP contribution in [0, 0.1) is 18.3 Å². The highest BCUT2D eigenvalue weighted by molar-refractivity contribution is 5.40. The third-order valence-electron chi connectivity index (χ3n) is 1.94. The predicted molar refractivity (Wildman–Crippen MR) is 49.8 cm³/mol. The van der Waals surface area contributed by atoms with E-state index >= 15 is 0 Å². The van der Waals surface area contributed by atoms with Crippen LogP contribution in [0.1, 0.15) is 23.4 Å². The van der Waals surface area contributed by atoms with Gasteiger partial charge in [0.15, 0.2) is 0 Å². The van der Waals surface area contributed by atoms with Crippen LogP contribution in [-0.2, 0) is 6.42 Å². The molecule has 0 fully saturated rings. The monoisotopic (exact) mass is 212 g/mol. The SMILES string of the molecule is COc1c(CC#N)cc(C(F)F)nc1C. The highest BCUT2D eigenvalue weighted by Crippen LogP contribution is 2.27. The smallest absolute Gasteiger partial charge is 0.280 e. The molecule has 0 saturated heterocycles. The van der Waals surface area contributed by atoms with E-state index in [1.54, 1.807) is 6.92 Å². The summed E-state index contributed by atoms with van der Waals surface area (Å²) in [5.41, 5.74) is 0.502. The molecule has 0 N–H and O–H groups in total. The molecule has 0 radical (unpaired) electrons. The van der Waals surface area contributed by atoms with E-state index < -0.39 is 6.43 Å². The molecule has 0 bridgehead atoms. The fraction of sp³-hybridized carbons (Fsp3) is 0.400. The lowest BCUT2D eigenvalue weighted by Gasteiger charge is -2.10. The minimum Gasteiger partial charge on any atom is -0.495 e. The van der Waals surface area contributed by atoms with Gasteiger partial charge in [-0.3, -0.25) is 0 Å². The first-order chi connectivity index (χ1) is 7.10. The number of methoxy groups -OCH3 is 1. The Kier molecular flexibility index (Phi) is 3.56. The van der Waals surface area contributed by atoms with Crippen molar-refractivity contribution >= 4 is 0 Å². The summed E-state index contributed by atoms with van der Waals surface area (Å²) in [6.45, 7) is 1.57. The van der Waals surface area contributed by atoms with Gasteiger partial charge in [-0.25, -0.2) is 13.8 Å². The molecule has 0 aromatic carbocycles. The molecule has 1 aromatic rings. The highest BCUT2D eigenvalue weighted by atomic mass is 19.3. The number of hydrogen-bond donors (Lipinski definition) is 0. The van der Waals surface area contributed by atoms with Crippen LogP contribution < -0.4 is 4.74 Å². The summed E-state index contributed by atoms with van der Waals surface area (Å²) in [5.74, 6) is 0.404. The molecule has 0 amide bonds. The van der Waals surface area contributed by atoms with E-state index in [0.717, 1.165) is 0 Å². The Morgan fingerprint density at radius 2 is 2.27 bits per heavy atom. The minimum absolute atomic E-state index is 0.0340. The van der Waals surface area contributed by atoms with Crippen molar-refractivity contribution in [2.75, 3.05) is 7.11 Å². The lowest BCUT2D eigenvalue weighted by molar-refractivity contribution is 0.145. The molecule has 15 heavy (non-hydrogen) atoms. The van der Waals surface area contributed by atoms with E-state index in [4.69, 9.17) is 10.00 Å². The van der Waals surface area contributed by atoms with Crippen LogP contribution in [0.2, 0.25) is 0 Å². The van der Waals surface area contributed by atoms with E-state index in [9.17, 15) is 8.78 Å². The van der Waals surface area contributed by atoms with Gasteiger partial charge in [0.2, 0.25) is 0 Å². The van der Waals surface area contributed by atoms with Crippen molar-refractivity contribution in [1.82, 2.24) is 4.98 Å². The summed E-state index contributed by atoms with van der Waals surface area (Å²) in [6, 6.07) is 3.11. The zero-order valence-corrected chi connectivity index (χ0v) is 8.42. The van der Waals surface area contributed by atoms with Crippen molar-refractivity contribution in [1.29, 1.82) is 5.26 Å². The summed E-state index contributed by atoms with van der Waals surface area (Å²) >= 11 is 0. The number of hydrogen-bond acceptors (Lipinski definition) is 3. The molecule has 0 aliphatic heterocycles. The van der Waals surface area contributed by atoms with Crippen molar-refractivity contribution in [3.63, 3.8) is 0 Å². The third kappa shape index (κ3) is 2.40. The van der Waals surface area contributed by atoms with Crippen molar-refractivity contribution in [3.05, 3.63) is 23.0 Å². The number of alkyl halides is 2. The first-order valence-electron chi connectivity index (χ1n) is 4.29. The van der Waals surface area contributed by atoms with Gasteiger partial charge in [-0.05, 0) is 13.0 Å². The summed E-state index contributed by atoms with van der Waals surface area (Å²) in [5, 5.41) is 8.55. The van der Waals surface area contributed by atoms with Crippen LogP contribution in [0.5, 0.6) is 5.75 Å². The fourth-order valence-corrected chi connectivity index (χ4v) is 1.36. The number of ether oxygens (including phenoxy) is 1. The maximum atomic E-state index is 12.4. The Morgan fingerprint density at radius 1 is 1.60 bits per heavy atom. The third-order valence-corrected chi connectivity index (χ3v) is 1.94. The first-order valence-corrected chi connectivity index (χ1v) is 4.29. The van der Waals surface area contributed by atoms with E-state index in [-0.39, 0.29) is 12.1 Å². The van der Waals surface area contributed by atoms with E-state index in [0.29, 0.717) is 17.0 Å². The van der Waals surface area contributed by atoms with Crippen LogP contribution >= 0.6 is 0 Å². The molecule has 3 nitrogen and oxygen atoms in total. The summed E-state index contributed by atoms with van der Waals surface area (Å²) in [7, 11) is 1.42. The molecule has 0 atom stereocenters. The van der Waals surface area contributed by atoms with Gasteiger partial charge in [-0.1, -0.05) is 0 Å². The Morgan fingerprint density at radius 3 is 2.73 bits per heavy atom. The topological polar surface area (TPSA) is 45.9 Å². The van der Waals surface area contributed by atoms with Crippen LogP contribution in [0.4, 0.5) is 8.78 Å². The maximum absolute atomic E-state index is 12.4. The second-order valence-corrected chi connectivity index (χ2v) is 2.96. The molecule has 1 heterocycles. The van der Waals surface area contributed by atoms with Gasteiger partial charge < -0.3 is 4.74 Å². The van der Waals surface area contributed by atoms with Crippen molar-refractivity contribution in [2.24, 2.45) is 0 Å². The molecule has 0 aliphatic carbocycles. The van der Waals surface area contributed by atoms with E-state index in [1.807, 2.05) is 6.07 Å². The average molecular weight is 212 g/mol. The summed E-state index contributed by atoms with van der Waals surface area (Å²) in [4.78, 5) is 3.70. The lowest BCUT2D eigenvalue weighted by atomic mass is 10.1. The predicted octanol–water partition coefficient (Wildman–Crippen LogP) is 2.40. The van der Waals surface area contributed by atoms with Crippen molar-refractivity contribution in [2.45, 2.75) is 19.8 Å². The van der Waals surface area contributed by atoms with Crippen molar-refractivity contribution < 1.29 is 13.5 Å². The van der Waals surface area contributed by atoms with Gasteiger partial charge in [-0.2, -0.15) is 5.26 Å². The molecule has 0 spiro atoms. The molecular formula is C10H10F2N2O. The maximum Gasteiger partial charge on any atom is 0.280 e. The molecule has 0 saturated carbocycles. The molecule has 1 aromatic heterocycles. The summed E-state index contributed by atoms with van der Waals surface area (Å²) < 4.78 is 29.8. The zero-order valence-electron chi connectivity index (χ0n) is 8.42. The Balaban J connectivity index is 3.26. The Bertz CT molecular complexity index is 399. The van der Waals surface area contributed by atoms with Crippen LogP contribution in [0.3, 0.4) is 0 Å². The van der Waals surface area contributed by atoms with E-state index in [1.165, 1.54) is 13.2 Å². The van der Waals surface area contributed by atoms with Gasteiger partial charge in [0.05, 0.1) is 25.3 Å². The number of aromatic nitrogens is 1. The highest BCUT2D eigenvalue weighted by Gasteiger charge is 2.15. The lowest BCUT2D eigenvalue weighted by Crippen LogP contribution is -2.01. The standard InChI is InChI=1S/C10H10F2N2O/c1-6-9(15-2)7(3-4-13)5-8(14-6)10(11)12/h5,10H,3H2,1-2H3. The molecular weight excluding hydrogens is 202 g/mol. The number of pyridine rings is 1.